The molecular formula is C34H21N5O. The van der Waals surface area contributed by atoms with E-state index in [0.717, 1.165) is 56.3 Å². The molecule has 7 aromatic rings. The van der Waals surface area contributed by atoms with Crippen LogP contribution < -0.4 is 4.74 Å². The highest BCUT2D eigenvalue weighted by Gasteiger charge is 2.25. The highest BCUT2D eigenvalue weighted by atomic mass is 16.5. The van der Waals surface area contributed by atoms with Crippen molar-refractivity contribution in [2.45, 2.75) is 0 Å². The number of imidazole rings is 1. The van der Waals surface area contributed by atoms with Crippen LogP contribution in [-0.2, 0) is 0 Å². The van der Waals surface area contributed by atoms with Crippen LogP contribution in [-0.4, -0.2) is 24.5 Å². The summed E-state index contributed by atoms with van der Waals surface area (Å²) < 4.78 is 8.64. The monoisotopic (exact) mass is 515 g/mol. The minimum atomic E-state index is 0.581. The summed E-state index contributed by atoms with van der Waals surface area (Å²) in [7, 11) is 0. The maximum absolute atomic E-state index is 6.46. The zero-order valence-corrected chi connectivity index (χ0v) is 21.3. The Morgan fingerprint density at radius 2 is 1.02 bits per heavy atom. The van der Waals surface area contributed by atoms with Gasteiger partial charge in [0.25, 0.3) is 0 Å². The lowest BCUT2D eigenvalue weighted by molar-refractivity contribution is 0.476. The van der Waals surface area contributed by atoms with E-state index in [1.54, 1.807) is 0 Å². The summed E-state index contributed by atoms with van der Waals surface area (Å²) in [4.78, 5) is 19.6. The molecular weight excluding hydrogens is 494 g/mol. The first-order valence-corrected chi connectivity index (χ1v) is 13.1. The van der Waals surface area contributed by atoms with Gasteiger partial charge in [-0.25, -0.2) is 19.9 Å². The van der Waals surface area contributed by atoms with Crippen molar-refractivity contribution in [3.8, 4) is 62.7 Å². The minimum Gasteiger partial charge on any atom is -0.453 e. The summed E-state index contributed by atoms with van der Waals surface area (Å²) >= 11 is 0. The quantitative estimate of drug-likeness (QED) is 0.238. The normalized spacial score (nSPS) is 11.7. The van der Waals surface area contributed by atoms with Crippen LogP contribution >= 0.6 is 0 Å². The number of rotatable bonds is 4. The highest BCUT2D eigenvalue weighted by Crippen LogP contribution is 2.44. The zero-order chi connectivity index (χ0) is 26.5. The third kappa shape index (κ3) is 3.66. The lowest BCUT2D eigenvalue weighted by atomic mass is 10.1. The molecule has 0 unspecified atom stereocenters. The lowest BCUT2D eigenvalue weighted by Crippen LogP contribution is -2.06. The van der Waals surface area contributed by atoms with Crippen LogP contribution in [0.15, 0.2) is 127 Å². The molecule has 0 saturated heterocycles. The number of hydrogen-bond donors (Lipinski definition) is 0. The highest BCUT2D eigenvalue weighted by molar-refractivity contribution is 5.91. The standard InChI is InChI=1S/C34H21N5O/c1-4-11-22(12-5-1)31-36-32(23-13-6-2-7-14-23)38-33(37-31)25-19-20-27-29(21-25)40-28-18-10-17-26-30(28)39(27)34(35-26)24-15-8-3-9-16-24/h1-21H. The van der Waals surface area contributed by atoms with Crippen LogP contribution in [0.25, 0.3) is 62.3 Å². The molecule has 188 valence electrons. The molecule has 0 fully saturated rings. The third-order valence-corrected chi connectivity index (χ3v) is 7.05. The molecule has 1 aliphatic heterocycles. The predicted molar refractivity (Wildman–Crippen MR) is 156 cm³/mol. The van der Waals surface area contributed by atoms with E-state index in [4.69, 9.17) is 24.7 Å². The summed E-state index contributed by atoms with van der Waals surface area (Å²) in [5.41, 5.74) is 6.51. The lowest BCUT2D eigenvalue weighted by Gasteiger charge is -2.21. The third-order valence-electron chi connectivity index (χ3n) is 7.05. The van der Waals surface area contributed by atoms with Gasteiger partial charge in [-0.1, -0.05) is 97.1 Å². The molecule has 2 aromatic heterocycles. The fourth-order valence-corrected chi connectivity index (χ4v) is 5.17. The summed E-state index contributed by atoms with van der Waals surface area (Å²) in [5, 5.41) is 0. The van der Waals surface area contributed by atoms with Gasteiger partial charge in [0.1, 0.15) is 11.3 Å². The summed E-state index contributed by atoms with van der Waals surface area (Å²) in [6.45, 7) is 0. The van der Waals surface area contributed by atoms with E-state index in [2.05, 4.69) is 22.8 Å². The molecule has 0 amide bonds. The molecule has 6 heteroatoms. The first-order chi connectivity index (χ1) is 19.8. The second-order valence-electron chi connectivity index (χ2n) is 9.58. The second-order valence-corrected chi connectivity index (χ2v) is 9.58. The van der Waals surface area contributed by atoms with Gasteiger partial charge in [0, 0.05) is 22.3 Å². The van der Waals surface area contributed by atoms with Gasteiger partial charge in [0.05, 0.1) is 11.2 Å². The fraction of sp³-hybridized carbons (Fsp3) is 0. The van der Waals surface area contributed by atoms with E-state index in [9.17, 15) is 0 Å². The van der Waals surface area contributed by atoms with Crippen LogP contribution in [0.3, 0.4) is 0 Å². The summed E-state index contributed by atoms with van der Waals surface area (Å²) in [6.07, 6.45) is 0. The zero-order valence-electron chi connectivity index (χ0n) is 21.3. The molecule has 0 radical (unpaired) electrons. The van der Waals surface area contributed by atoms with Crippen LogP contribution in [0.5, 0.6) is 11.5 Å². The van der Waals surface area contributed by atoms with Gasteiger partial charge in [0.2, 0.25) is 0 Å². The number of hydrogen-bond acceptors (Lipinski definition) is 5. The molecule has 6 nitrogen and oxygen atoms in total. The predicted octanol–water partition coefficient (Wildman–Crippen LogP) is 7.98. The van der Waals surface area contributed by atoms with E-state index in [1.807, 2.05) is 109 Å². The van der Waals surface area contributed by atoms with Gasteiger partial charge < -0.3 is 4.74 Å². The summed E-state index contributed by atoms with van der Waals surface area (Å²) in [5.74, 6) is 4.18. The van der Waals surface area contributed by atoms with Crippen molar-refractivity contribution in [3.63, 3.8) is 0 Å². The first kappa shape index (κ1) is 22.4. The molecule has 1 aliphatic rings. The Bertz CT molecular complexity index is 1960. The molecule has 0 N–H and O–H groups in total. The minimum absolute atomic E-state index is 0.581. The number of benzene rings is 5. The van der Waals surface area contributed by atoms with Crippen molar-refractivity contribution < 1.29 is 4.74 Å². The molecule has 0 saturated carbocycles. The SMILES string of the molecule is c1ccc(-c2nc(-c3ccccc3)nc(-c3ccc4c(c3)Oc3cccc5nc(-c6ccccc6)n-4c35)n2)cc1. The Morgan fingerprint density at radius 3 is 1.65 bits per heavy atom. The van der Waals surface area contributed by atoms with Crippen molar-refractivity contribution in [1.82, 2.24) is 24.5 Å². The van der Waals surface area contributed by atoms with Crippen molar-refractivity contribution in [2.75, 3.05) is 0 Å². The van der Waals surface area contributed by atoms with E-state index in [1.165, 1.54) is 0 Å². The fourth-order valence-electron chi connectivity index (χ4n) is 5.17. The van der Waals surface area contributed by atoms with Crippen LogP contribution in [0.2, 0.25) is 0 Å². The van der Waals surface area contributed by atoms with Crippen LogP contribution in [0.4, 0.5) is 0 Å². The van der Waals surface area contributed by atoms with Crippen LogP contribution in [0, 0.1) is 0 Å². The van der Waals surface area contributed by atoms with E-state index >= 15 is 0 Å². The molecule has 0 bridgehead atoms. The molecule has 0 spiro atoms. The van der Waals surface area contributed by atoms with Crippen molar-refractivity contribution in [1.29, 1.82) is 0 Å². The van der Waals surface area contributed by atoms with Gasteiger partial charge >= 0.3 is 0 Å². The maximum Gasteiger partial charge on any atom is 0.164 e. The van der Waals surface area contributed by atoms with E-state index in [0.29, 0.717) is 17.5 Å². The summed E-state index contributed by atoms with van der Waals surface area (Å²) in [6, 6.07) is 42.3. The first-order valence-electron chi connectivity index (χ1n) is 13.1. The number of aromatic nitrogens is 5. The van der Waals surface area contributed by atoms with Gasteiger partial charge in [-0.3, -0.25) is 4.57 Å². The Balaban J connectivity index is 1.31. The molecule has 8 rings (SSSR count). The Kier molecular flexibility index (Phi) is 5.03. The molecule has 3 heterocycles. The van der Waals surface area contributed by atoms with Crippen LogP contribution in [0.1, 0.15) is 0 Å². The van der Waals surface area contributed by atoms with Crippen molar-refractivity contribution >= 4 is 11.0 Å². The smallest absolute Gasteiger partial charge is 0.164 e. The number of fused-ring (bicyclic) bond motifs is 2. The van der Waals surface area contributed by atoms with Crippen molar-refractivity contribution in [3.05, 3.63) is 127 Å². The topological polar surface area (TPSA) is 65.7 Å². The Morgan fingerprint density at radius 1 is 0.450 bits per heavy atom. The van der Waals surface area contributed by atoms with E-state index in [-0.39, 0.29) is 0 Å². The largest absolute Gasteiger partial charge is 0.453 e. The number of ether oxygens (including phenoxy) is 1. The molecule has 0 aliphatic carbocycles. The number of para-hydroxylation sites is 1. The van der Waals surface area contributed by atoms with Crippen molar-refractivity contribution in [2.24, 2.45) is 0 Å². The maximum atomic E-state index is 6.46. The Hall–Kier alpha value is -5.62. The van der Waals surface area contributed by atoms with Gasteiger partial charge in [-0.05, 0) is 30.3 Å². The van der Waals surface area contributed by atoms with Gasteiger partial charge in [-0.2, -0.15) is 0 Å². The van der Waals surface area contributed by atoms with E-state index < -0.39 is 0 Å². The number of nitrogens with zero attached hydrogens (tertiary/aromatic N) is 5. The Labute approximate surface area is 230 Å². The second kappa shape index (κ2) is 8.99. The average Bonchev–Trinajstić information content (AvgIpc) is 3.43. The molecule has 40 heavy (non-hydrogen) atoms. The molecule has 0 atom stereocenters. The van der Waals surface area contributed by atoms with Gasteiger partial charge in [-0.15, -0.1) is 0 Å². The van der Waals surface area contributed by atoms with Gasteiger partial charge in [0.15, 0.2) is 29.0 Å². The average molecular weight is 516 g/mol. The molecule has 5 aromatic carbocycles.